The maximum atomic E-state index is 13.9. The molecule has 4 rings (SSSR count). The van der Waals surface area contributed by atoms with E-state index in [9.17, 15) is 4.39 Å². The lowest BCUT2D eigenvalue weighted by Gasteiger charge is -2.32. The first-order valence-corrected chi connectivity index (χ1v) is 8.57. The van der Waals surface area contributed by atoms with Crippen molar-refractivity contribution >= 4 is 16.7 Å². The molecular formula is C19H20FN5. The van der Waals surface area contributed by atoms with E-state index in [4.69, 9.17) is 0 Å². The molecule has 0 atom stereocenters. The molecular weight excluding hydrogens is 317 g/mol. The van der Waals surface area contributed by atoms with Crippen molar-refractivity contribution < 1.29 is 4.39 Å². The van der Waals surface area contributed by atoms with Gasteiger partial charge in [0, 0.05) is 37.3 Å². The third-order valence-corrected chi connectivity index (χ3v) is 4.66. The zero-order chi connectivity index (χ0) is 17.1. The molecule has 3 aromatic rings. The highest BCUT2D eigenvalue weighted by Crippen LogP contribution is 2.24. The molecule has 1 fully saturated rings. The van der Waals surface area contributed by atoms with Gasteiger partial charge in [-0.3, -0.25) is 9.88 Å². The van der Waals surface area contributed by atoms with E-state index < -0.39 is 0 Å². The van der Waals surface area contributed by atoms with Gasteiger partial charge >= 0.3 is 0 Å². The van der Waals surface area contributed by atoms with Crippen molar-refractivity contribution in [2.45, 2.75) is 25.4 Å². The third kappa shape index (κ3) is 3.58. The average Bonchev–Trinajstić information content (AvgIpc) is 2.65. The summed E-state index contributed by atoms with van der Waals surface area (Å²) in [6.07, 6.45) is 5.30. The number of pyridine rings is 1. The fraction of sp³-hybridized carbons (Fsp3) is 0.316. The lowest BCUT2D eigenvalue weighted by molar-refractivity contribution is 0.209. The molecule has 0 unspecified atom stereocenters. The van der Waals surface area contributed by atoms with Crippen molar-refractivity contribution in [3.63, 3.8) is 0 Å². The first-order valence-electron chi connectivity index (χ1n) is 8.57. The largest absolute Gasteiger partial charge is 0.367 e. The molecule has 0 aliphatic carbocycles. The number of fused-ring (bicyclic) bond motifs is 1. The van der Waals surface area contributed by atoms with E-state index in [0.29, 0.717) is 17.4 Å². The molecule has 1 aliphatic rings. The Kier molecular flexibility index (Phi) is 4.52. The van der Waals surface area contributed by atoms with E-state index in [2.05, 4.69) is 31.2 Å². The van der Waals surface area contributed by atoms with Gasteiger partial charge in [-0.05, 0) is 37.1 Å². The van der Waals surface area contributed by atoms with Crippen LogP contribution in [0.4, 0.5) is 10.2 Å². The van der Waals surface area contributed by atoms with Crippen LogP contribution in [-0.4, -0.2) is 39.0 Å². The van der Waals surface area contributed by atoms with Crippen molar-refractivity contribution in [1.29, 1.82) is 0 Å². The number of aromatic nitrogens is 3. The fourth-order valence-corrected chi connectivity index (χ4v) is 3.32. The molecule has 25 heavy (non-hydrogen) atoms. The minimum absolute atomic E-state index is 0.312. The van der Waals surface area contributed by atoms with E-state index in [-0.39, 0.29) is 5.82 Å². The van der Waals surface area contributed by atoms with Crippen molar-refractivity contribution in [2.75, 3.05) is 18.4 Å². The monoisotopic (exact) mass is 337 g/mol. The van der Waals surface area contributed by atoms with Gasteiger partial charge in [0.05, 0.1) is 5.69 Å². The summed E-state index contributed by atoms with van der Waals surface area (Å²) in [7, 11) is 0. The number of likely N-dealkylation sites (tertiary alicyclic amines) is 1. The zero-order valence-electron chi connectivity index (χ0n) is 13.9. The van der Waals surface area contributed by atoms with Crippen LogP contribution >= 0.6 is 0 Å². The van der Waals surface area contributed by atoms with Gasteiger partial charge in [-0.15, -0.1) is 0 Å². The molecule has 0 radical (unpaired) electrons. The average molecular weight is 337 g/mol. The third-order valence-electron chi connectivity index (χ3n) is 4.66. The van der Waals surface area contributed by atoms with Crippen LogP contribution < -0.4 is 5.32 Å². The predicted molar refractivity (Wildman–Crippen MR) is 95.7 cm³/mol. The topological polar surface area (TPSA) is 53.9 Å². The summed E-state index contributed by atoms with van der Waals surface area (Å²) in [6.45, 7) is 2.90. The predicted octanol–water partition coefficient (Wildman–Crippen LogP) is 3.24. The zero-order valence-corrected chi connectivity index (χ0v) is 13.9. The normalized spacial score (nSPS) is 16.2. The molecule has 0 amide bonds. The minimum atomic E-state index is -0.312. The Balaban J connectivity index is 1.40. The molecule has 1 N–H and O–H groups in total. The maximum absolute atomic E-state index is 13.9. The number of nitrogens with zero attached hydrogens (tertiary/aromatic N) is 4. The van der Waals surface area contributed by atoms with Crippen LogP contribution in [0, 0.1) is 5.82 Å². The van der Waals surface area contributed by atoms with Crippen LogP contribution in [0.25, 0.3) is 10.9 Å². The van der Waals surface area contributed by atoms with E-state index in [1.54, 1.807) is 6.07 Å². The second-order valence-electron chi connectivity index (χ2n) is 6.37. The van der Waals surface area contributed by atoms with Crippen LogP contribution in [0.2, 0.25) is 0 Å². The van der Waals surface area contributed by atoms with Gasteiger partial charge in [-0.1, -0.05) is 12.1 Å². The van der Waals surface area contributed by atoms with Crippen LogP contribution in [0.5, 0.6) is 0 Å². The molecule has 0 saturated carbocycles. The van der Waals surface area contributed by atoms with E-state index >= 15 is 0 Å². The SMILES string of the molecule is Fc1cccc2c(NC3CCN(Cc4ccccn4)CC3)ncnc12. The van der Waals surface area contributed by atoms with Crippen molar-refractivity contribution in [3.05, 3.63) is 60.4 Å². The second kappa shape index (κ2) is 7.11. The molecule has 0 bridgehead atoms. The van der Waals surface area contributed by atoms with E-state index in [1.165, 1.54) is 12.4 Å². The van der Waals surface area contributed by atoms with Crippen LogP contribution in [0.1, 0.15) is 18.5 Å². The van der Waals surface area contributed by atoms with Gasteiger partial charge in [0.1, 0.15) is 23.5 Å². The number of halogens is 1. The Morgan fingerprint density at radius 2 is 1.92 bits per heavy atom. The Bertz CT molecular complexity index is 847. The molecule has 1 aromatic carbocycles. The molecule has 6 heteroatoms. The van der Waals surface area contributed by atoms with Crippen LogP contribution in [0.15, 0.2) is 48.9 Å². The number of nitrogens with one attached hydrogen (secondary N) is 1. The van der Waals surface area contributed by atoms with Crippen LogP contribution in [0.3, 0.4) is 0 Å². The van der Waals surface area contributed by atoms with Crippen molar-refractivity contribution in [2.24, 2.45) is 0 Å². The highest BCUT2D eigenvalue weighted by atomic mass is 19.1. The summed E-state index contributed by atoms with van der Waals surface area (Å²) in [6, 6.07) is 11.3. The molecule has 3 heterocycles. The standard InChI is InChI=1S/C19H20FN5/c20-17-6-3-5-16-18(17)22-13-23-19(16)24-14-7-10-25(11-8-14)12-15-4-1-2-9-21-15/h1-6,9,13-14H,7-8,10-12H2,(H,22,23,24). The number of piperidine rings is 1. The Morgan fingerprint density at radius 3 is 2.72 bits per heavy atom. The van der Waals surface area contributed by atoms with E-state index in [0.717, 1.165) is 43.6 Å². The Morgan fingerprint density at radius 1 is 1.04 bits per heavy atom. The van der Waals surface area contributed by atoms with Gasteiger partial charge in [-0.2, -0.15) is 0 Å². The molecule has 5 nitrogen and oxygen atoms in total. The Labute approximate surface area is 145 Å². The highest BCUT2D eigenvalue weighted by molar-refractivity contribution is 5.89. The summed E-state index contributed by atoms with van der Waals surface area (Å²) in [5.41, 5.74) is 1.47. The molecule has 1 aliphatic heterocycles. The molecule has 2 aromatic heterocycles. The first-order chi connectivity index (χ1) is 12.3. The number of rotatable bonds is 4. The number of anilines is 1. The fourth-order valence-electron chi connectivity index (χ4n) is 3.32. The van der Waals surface area contributed by atoms with Crippen molar-refractivity contribution in [1.82, 2.24) is 19.9 Å². The molecule has 128 valence electrons. The van der Waals surface area contributed by atoms with Gasteiger partial charge in [0.25, 0.3) is 0 Å². The summed E-state index contributed by atoms with van der Waals surface area (Å²) < 4.78 is 13.9. The van der Waals surface area contributed by atoms with Crippen molar-refractivity contribution in [3.8, 4) is 0 Å². The quantitative estimate of drug-likeness (QED) is 0.792. The lowest BCUT2D eigenvalue weighted by atomic mass is 10.0. The molecule has 0 spiro atoms. The maximum Gasteiger partial charge on any atom is 0.149 e. The number of hydrogen-bond donors (Lipinski definition) is 1. The second-order valence-corrected chi connectivity index (χ2v) is 6.37. The summed E-state index contributed by atoms with van der Waals surface area (Å²) in [5, 5.41) is 4.21. The first kappa shape index (κ1) is 15.9. The van der Waals surface area contributed by atoms with Gasteiger partial charge in [0.2, 0.25) is 0 Å². The van der Waals surface area contributed by atoms with E-state index in [1.807, 2.05) is 24.4 Å². The summed E-state index contributed by atoms with van der Waals surface area (Å²) in [4.78, 5) is 15.2. The number of para-hydroxylation sites is 1. The van der Waals surface area contributed by atoms with Gasteiger partial charge in [-0.25, -0.2) is 14.4 Å². The summed E-state index contributed by atoms with van der Waals surface area (Å²) in [5.74, 6) is 0.404. The number of benzene rings is 1. The number of hydrogen-bond acceptors (Lipinski definition) is 5. The van der Waals surface area contributed by atoms with Crippen LogP contribution in [-0.2, 0) is 6.54 Å². The summed E-state index contributed by atoms with van der Waals surface area (Å²) >= 11 is 0. The lowest BCUT2D eigenvalue weighted by Crippen LogP contribution is -2.39. The smallest absolute Gasteiger partial charge is 0.149 e. The van der Waals surface area contributed by atoms with Gasteiger partial charge < -0.3 is 5.32 Å². The molecule has 1 saturated heterocycles. The minimum Gasteiger partial charge on any atom is -0.367 e. The highest BCUT2D eigenvalue weighted by Gasteiger charge is 2.20. The Hall–Kier alpha value is -2.60. The van der Waals surface area contributed by atoms with Gasteiger partial charge in [0.15, 0.2) is 0 Å².